The molecule has 0 saturated heterocycles. The molecule has 4 heteroatoms. The summed E-state index contributed by atoms with van der Waals surface area (Å²) in [6.45, 7) is 0.391. The Morgan fingerprint density at radius 3 is 2.61 bits per heavy atom. The van der Waals surface area contributed by atoms with Gasteiger partial charge < -0.3 is 14.8 Å². The molecule has 1 unspecified atom stereocenters. The zero-order chi connectivity index (χ0) is 16.5. The molecule has 120 valence electrons. The standard InChI is InChI=1S/C19H21NO3/c1-22-17-10-6-9-16(13-17)18(23-2)14-20-19(21)12-11-15-7-4-3-5-8-15/h3-13,18H,14H2,1-2H3,(H,20,21)/b12-11+. The van der Waals surface area contributed by atoms with E-state index in [-0.39, 0.29) is 12.0 Å². The summed E-state index contributed by atoms with van der Waals surface area (Å²) in [5.41, 5.74) is 1.94. The Labute approximate surface area is 136 Å². The number of benzene rings is 2. The Morgan fingerprint density at radius 2 is 1.91 bits per heavy atom. The second-order valence-corrected chi connectivity index (χ2v) is 4.99. The van der Waals surface area contributed by atoms with Crippen LogP contribution in [0.5, 0.6) is 5.75 Å². The van der Waals surface area contributed by atoms with Crippen molar-refractivity contribution in [3.05, 3.63) is 71.8 Å². The van der Waals surface area contributed by atoms with Crippen LogP contribution in [0.3, 0.4) is 0 Å². The van der Waals surface area contributed by atoms with Gasteiger partial charge in [0.05, 0.1) is 13.2 Å². The maximum atomic E-state index is 11.9. The molecule has 0 aliphatic heterocycles. The lowest BCUT2D eigenvalue weighted by atomic mass is 10.1. The number of hydrogen-bond acceptors (Lipinski definition) is 3. The van der Waals surface area contributed by atoms with Crippen molar-refractivity contribution in [2.75, 3.05) is 20.8 Å². The largest absolute Gasteiger partial charge is 0.497 e. The Balaban J connectivity index is 1.92. The Hall–Kier alpha value is -2.59. The molecule has 0 aliphatic rings. The van der Waals surface area contributed by atoms with E-state index >= 15 is 0 Å². The summed E-state index contributed by atoms with van der Waals surface area (Å²) in [7, 11) is 3.24. The number of amides is 1. The molecule has 1 amide bonds. The van der Waals surface area contributed by atoms with Gasteiger partial charge in [-0.3, -0.25) is 4.79 Å². The minimum Gasteiger partial charge on any atom is -0.497 e. The minimum atomic E-state index is -0.223. The molecule has 0 spiro atoms. The van der Waals surface area contributed by atoms with E-state index in [2.05, 4.69) is 5.32 Å². The van der Waals surface area contributed by atoms with Gasteiger partial charge in [0.1, 0.15) is 5.75 Å². The lowest BCUT2D eigenvalue weighted by Crippen LogP contribution is -2.27. The predicted octanol–water partition coefficient (Wildman–Crippen LogP) is 3.21. The van der Waals surface area contributed by atoms with E-state index in [1.807, 2.05) is 54.6 Å². The van der Waals surface area contributed by atoms with E-state index in [1.54, 1.807) is 20.3 Å². The fourth-order valence-corrected chi connectivity index (χ4v) is 2.17. The first-order valence-electron chi connectivity index (χ1n) is 7.40. The van der Waals surface area contributed by atoms with Gasteiger partial charge in [0.25, 0.3) is 0 Å². The SMILES string of the molecule is COc1cccc(C(CNC(=O)/C=C/c2ccccc2)OC)c1. The summed E-state index contributed by atoms with van der Waals surface area (Å²) in [6.07, 6.45) is 3.08. The van der Waals surface area contributed by atoms with E-state index in [0.29, 0.717) is 6.54 Å². The van der Waals surface area contributed by atoms with Crippen LogP contribution >= 0.6 is 0 Å². The van der Waals surface area contributed by atoms with Gasteiger partial charge in [0, 0.05) is 19.7 Å². The van der Waals surface area contributed by atoms with Crippen molar-refractivity contribution < 1.29 is 14.3 Å². The van der Waals surface area contributed by atoms with Crippen LogP contribution in [-0.2, 0) is 9.53 Å². The summed E-state index contributed by atoms with van der Waals surface area (Å²) in [4.78, 5) is 11.9. The number of carbonyl (C=O) groups excluding carboxylic acids is 1. The predicted molar refractivity (Wildman–Crippen MR) is 91.2 cm³/mol. The monoisotopic (exact) mass is 311 g/mol. The zero-order valence-electron chi connectivity index (χ0n) is 13.4. The zero-order valence-corrected chi connectivity index (χ0v) is 13.4. The molecule has 1 atom stereocenters. The number of rotatable bonds is 7. The summed E-state index contributed by atoms with van der Waals surface area (Å²) in [5, 5.41) is 2.85. The highest BCUT2D eigenvalue weighted by Crippen LogP contribution is 2.20. The van der Waals surface area contributed by atoms with Crippen LogP contribution in [-0.4, -0.2) is 26.7 Å². The van der Waals surface area contributed by atoms with Crippen molar-refractivity contribution in [1.29, 1.82) is 0 Å². The molecule has 0 saturated carbocycles. The molecule has 2 aromatic carbocycles. The number of hydrogen-bond donors (Lipinski definition) is 1. The second kappa shape index (κ2) is 8.76. The highest BCUT2D eigenvalue weighted by Gasteiger charge is 2.12. The molecule has 23 heavy (non-hydrogen) atoms. The smallest absolute Gasteiger partial charge is 0.244 e. The highest BCUT2D eigenvalue weighted by atomic mass is 16.5. The molecule has 0 aliphatic carbocycles. The minimum absolute atomic E-state index is 0.154. The van der Waals surface area contributed by atoms with Crippen molar-refractivity contribution >= 4 is 12.0 Å². The van der Waals surface area contributed by atoms with E-state index in [0.717, 1.165) is 16.9 Å². The summed E-state index contributed by atoms with van der Waals surface area (Å²) in [5.74, 6) is 0.610. The lowest BCUT2D eigenvalue weighted by molar-refractivity contribution is -0.117. The summed E-state index contributed by atoms with van der Waals surface area (Å²) in [6, 6.07) is 17.3. The molecule has 0 aromatic heterocycles. The Kier molecular flexibility index (Phi) is 6.39. The first-order valence-corrected chi connectivity index (χ1v) is 7.40. The Morgan fingerprint density at radius 1 is 1.13 bits per heavy atom. The van der Waals surface area contributed by atoms with Crippen LogP contribution in [0, 0.1) is 0 Å². The van der Waals surface area contributed by atoms with Crippen LogP contribution < -0.4 is 10.1 Å². The van der Waals surface area contributed by atoms with Gasteiger partial charge in [-0.05, 0) is 29.3 Å². The van der Waals surface area contributed by atoms with Crippen molar-refractivity contribution in [2.45, 2.75) is 6.10 Å². The molecular weight excluding hydrogens is 290 g/mol. The number of ether oxygens (including phenoxy) is 2. The number of carbonyl (C=O) groups is 1. The van der Waals surface area contributed by atoms with Gasteiger partial charge in [-0.2, -0.15) is 0 Å². The lowest BCUT2D eigenvalue weighted by Gasteiger charge is -2.16. The number of methoxy groups -OCH3 is 2. The van der Waals surface area contributed by atoms with Gasteiger partial charge in [-0.1, -0.05) is 42.5 Å². The van der Waals surface area contributed by atoms with Crippen LogP contribution in [0.25, 0.3) is 6.08 Å². The van der Waals surface area contributed by atoms with Crippen LogP contribution in [0.1, 0.15) is 17.2 Å². The average Bonchev–Trinajstić information content (AvgIpc) is 2.61. The fraction of sp³-hybridized carbons (Fsp3) is 0.211. The number of nitrogens with one attached hydrogen (secondary N) is 1. The molecule has 2 aromatic rings. The van der Waals surface area contributed by atoms with Gasteiger partial charge >= 0.3 is 0 Å². The van der Waals surface area contributed by atoms with Gasteiger partial charge in [-0.15, -0.1) is 0 Å². The third-order valence-electron chi connectivity index (χ3n) is 3.44. The topological polar surface area (TPSA) is 47.6 Å². The fourth-order valence-electron chi connectivity index (χ4n) is 2.17. The van der Waals surface area contributed by atoms with Gasteiger partial charge in [0.2, 0.25) is 5.91 Å². The van der Waals surface area contributed by atoms with E-state index < -0.39 is 0 Å². The maximum absolute atomic E-state index is 11.9. The van der Waals surface area contributed by atoms with Crippen molar-refractivity contribution in [1.82, 2.24) is 5.32 Å². The highest BCUT2D eigenvalue weighted by molar-refractivity contribution is 5.91. The van der Waals surface area contributed by atoms with E-state index in [1.165, 1.54) is 6.08 Å². The van der Waals surface area contributed by atoms with Gasteiger partial charge in [0.15, 0.2) is 0 Å². The molecule has 2 rings (SSSR count). The molecule has 0 radical (unpaired) electrons. The maximum Gasteiger partial charge on any atom is 0.244 e. The first-order chi connectivity index (χ1) is 11.2. The normalized spacial score (nSPS) is 12.1. The van der Waals surface area contributed by atoms with Gasteiger partial charge in [-0.25, -0.2) is 0 Å². The van der Waals surface area contributed by atoms with E-state index in [9.17, 15) is 4.79 Å². The van der Waals surface area contributed by atoms with Crippen molar-refractivity contribution in [3.8, 4) is 5.75 Å². The van der Waals surface area contributed by atoms with Crippen LogP contribution in [0.2, 0.25) is 0 Å². The van der Waals surface area contributed by atoms with Crippen molar-refractivity contribution in [2.24, 2.45) is 0 Å². The summed E-state index contributed by atoms with van der Waals surface area (Å²) < 4.78 is 10.7. The average molecular weight is 311 g/mol. The van der Waals surface area contributed by atoms with Crippen LogP contribution in [0.15, 0.2) is 60.7 Å². The molecule has 1 N–H and O–H groups in total. The quantitative estimate of drug-likeness (QED) is 0.799. The summed E-state index contributed by atoms with van der Waals surface area (Å²) >= 11 is 0. The third-order valence-corrected chi connectivity index (χ3v) is 3.44. The molecule has 0 heterocycles. The first kappa shape index (κ1) is 16.8. The molecular formula is C19H21NO3. The van der Waals surface area contributed by atoms with Crippen molar-refractivity contribution in [3.63, 3.8) is 0 Å². The molecule has 0 bridgehead atoms. The van der Waals surface area contributed by atoms with Crippen LogP contribution in [0.4, 0.5) is 0 Å². The molecule has 4 nitrogen and oxygen atoms in total. The molecule has 0 fully saturated rings. The third kappa shape index (κ3) is 5.27. The second-order valence-electron chi connectivity index (χ2n) is 4.99. The van der Waals surface area contributed by atoms with E-state index in [4.69, 9.17) is 9.47 Å². The Bertz CT molecular complexity index is 653.